The molecular weight excluding hydrogens is 443 g/mol. The quantitative estimate of drug-likeness (QED) is 0.496. The smallest absolute Gasteiger partial charge is 0.243 e. The summed E-state index contributed by atoms with van der Waals surface area (Å²) >= 11 is 18.6. The van der Waals surface area contributed by atoms with Gasteiger partial charge in [0.15, 0.2) is 0 Å². The van der Waals surface area contributed by atoms with Crippen LogP contribution in [0.3, 0.4) is 0 Å². The third-order valence-electron chi connectivity index (χ3n) is 4.74. The lowest BCUT2D eigenvalue weighted by Gasteiger charge is -2.31. The van der Waals surface area contributed by atoms with Crippen LogP contribution in [0.15, 0.2) is 42.5 Å². The van der Waals surface area contributed by atoms with Crippen LogP contribution in [0.2, 0.25) is 15.1 Å². The molecule has 0 aliphatic carbocycles. The first-order valence-electron chi connectivity index (χ1n) is 10.00. The summed E-state index contributed by atoms with van der Waals surface area (Å²) in [4.78, 5) is 27.6. The Labute approximate surface area is 193 Å². The number of benzene rings is 2. The fourth-order valence-electron chi connectivity index (χ4n) is 3.22. The van der Waals surface area contributed by atoms with E-state index in [-0.39, 0.29) is 30.8 Å². The third-order valence-corrected chi connectivity index (χ3v) is 5.69. The number of amides is 2. The molecule has 0 fully saturated rings. The molecule has 0 aromatic heterocycles. The maximum atomic E-state index is 13.2. The van der Waals surface area contributed by atoms with Gasteiger partial charge in [-0.05, 0) is 56.0 Å². The first kappa shape index (κ1) is 24.5. The molecular formula is C23H27Cl3N2O2. The van der Waals surface area contributed by atoms with Gasteiger partial charge in [0, 0.05) is 34.1 Å². The third kappa shape index (κ3) is 6.90. The molecule has 0 heterocycles. The molecule has 4 nitrogen and oxygen atoms in total. The first-order valence-corrected chi connectivity index (χ1v) is 11.1. The summed E-state index contributed by atoms with van der Waals surface area (Å²) in [5, 5.41) is 4.52. The molecule has 0 spiro atoms. The summed E-state index contributed by atoms with van der Waals surface area (Å²) in [6, 6.07) is 12.0. The Balaban J connectivity index is 2.27. The Morgan fingerprint density at radius 3 is 2.30 bits per heavy atom. The van der Waals surface area contributed by atoms with E-state index in [4.69, 9.17) is 34.8 Å². The summed E-state index contributed by atoms with van der Waals surface area (Å²) in [6.45, 7) is 5.90. The van der Waals surface area contributed by atoms with Crippen molar-refractivity contribution >= 4 is 46.6 Å². The second-order valence-corrected chi connectivity index (χ2v) is 8.69. The van der Waals surface area contributed by atoms with E-state index in [0.717, 1.165) is 11.1 Å². The molecule has 0 saturated heterocycles. The first-order chi connectivity index (χ1) is 14.2. The number of hydrogen-bond donors (Lipinski definition) is 1. The second-order valence-electron chi connectivity index (χ2n) is 7.44. The van der Waals surface area contributed by atoms with Gasteiger partial charge in [-0.25, -0.2) is 0 Å². The van der Waals surface area contributed by atoms with Crippen molar-refractivity contribution < 1.29 is 9.59 Å². The summed E-state index contributed by atoms with van der Waals surface area (Å²) in [6.07, 6.45) is 1.22. The fourth-order valence-corrected chi connectivity index (χ4v) is 3.92. The van der Waals surface area contributed by atoms with Crippen molar-refractivity contribution in [3.8, 4) is 0 Å². The molecule has 2 aromatic carbocycles. The predicted octanol–water partition coefficient (Wildman–Crippen LogP) is 5.91. The Morgan fingerprint density at radius 2 is 1.70 bits per heavy atom. The van der Waals surface area contributed by atoms with Crippen LogP contribution in [0.1, 0.15) is 44.7 Å². The lowest BCUT2D eigenvalue weighted by Crippen LogP contribution is -2.50. The molecule has 2 aromatic rings. The highest BCUT2D eigenvalue weighted by Crippen LogP contribution is 2.25. The van der Waals surface area contributed by atoms with E-state index in [9.17, 15) is 9.59 Å². The van der Waals surface area contributed by atoms with Gasteiger partial charge in [-0.2, -0.15) is 0 Å². The number of aryl methyl sites for hydroxylation is 1. The van der Waals surface area contributed by atoms with Gasteiger partial charge in [0.2, 0.25) is 11.8 Å². The molecule has 30 heavy (non-hydrogen) atoms. The van der Waals surface area contributed by atoms with E-state index >= 15 is 0 Å². The van der Waals surface area contributed by atoms with Gasteiger partial charge >= 0.3 is 0 Å². The molecule has 0 aliphatic heterocycles. The van der Waals surface area contributed by atoms with Crippen molar-refractivity contribution in [3.05, 3.63) is 68.7 Å². The van der Waals surface area contributed by atoms with E-state index in [2.05, 4.69) is 5.32 Å². The van der Waals surface area contributed by atoms with E-state index in [0.29, 0.717) is 27.9 Å². The Kier molecular flexibility index (Phi) is 9.47. The number of carbonyl (C=O) groups is 2. The maximum absolute atomic E-state index is 13.2. The molecule has 2 rings (SSSR count). The van der Waals surface area contributed by atoms with E-state index < -0.39 is 6.04 Å². The van der Waals surface area contributed by atoms with Gasteiger partial charge in [0.25, 0.3) is 0 Å². The lowest BCUT2D eigenvalue weighted by atomic mass is 10.1. The number of rotatable bonds is 9. The fraction of sp³-hybridized carbons (Fsp3) is 0.391. The molecule has 0 bridgehead atoms. The summed E-state index contributed by atoms with van der Waals surface area (Å²) < 4.78 is 0. The van der Waals surface area contributed by atoms with Crippen LogP contribution in [-0.4, -0.2) is 28.8 Å². The number of nitrogens with zero attached hydrogens (tertiary/aromatic N) is 1. The zero-order valence-corrected chi connectivity index (χ0v) is 19.7. The van der Waals surface area contributed by atoms with E-state index in [1.54, 1.807) is 29.2 Å². The predicted molar refractivity (Wildman–Crippen MR) is 124 cm³/mol. The average Bonchev–Trinajstić information content (AvgIpc) is 2.68. The van der Waals surface area contributed by atoms with Crippen LogP contribution >= 0.6 is 34.8 Å². The molecule has 7 heteroatoms. The van der Waals surface area contributed by atoms with Gasteiger partial charge in [-0.15, -0.1) is 0 Å². The van der Waals surface area contributed by atoms with Crippen molar-refractivity contribution in [1.29, 1.82) is 0 Å². The highest BCUT2D eigenvalue weighted by atomic mass is 35.5. The normalized spacial score (nSPS) is 12.0. The highest BCUT2D eigenvalue weighted by Gasteiger charge is 2.29. The monoisotopic (exact) mass is 468 g/mol. The van der Waals surface area contributed by atoms with Gasteiger partial charge in [0.05, 0.1) is 0 Å². The van der Waals surface area contributed by atoms with Crippen molar-refractivity contribution in [3.63, 3.8) is 0 Å². The molecule has 0 radical (unpaired) electrons. The highest BCUT2D eigenvalue weighted by molar-refractivity contribution is 6.35. The minimum Gasteiger partial charge on any atom is -0.352 e. The number of halogens is 3. The number of carbonyl (C=O) groups excluding carboxylic acids is 2. The average molecular weight is 470 g/mol. The molecule has 1 unspecified atom stereocenters. The van der Waals surface area contributed by atoms with Crippen LogP contribution in [0.5, 0.6) is 0 Å². The lowest BCUT2D eigenvalue weighted by molar-refractivity contribution is -0.141. The topological polar surface area (TPSA) is 49.4 Å². The van der Waals surface area contributed by atoms with Gasteiger partial charge in [-0.3, -0.25) is 9.59 Å². The van der Waals surface area contributed by atoms with E-state index in [1.807, 2.05) is 39.0 Å². The van der Waals surface area contributed by atoms with Crippen LogP contribution in [0.25, 0.3) is 0 Å². The number of nitrogens with one attached hydrogen (secondary N) is 1. The van der Waals surface area contributed by atoms with Gasteiger partial charge in [0.1, 0.15) is 6.04 Å². The molecule has 0 saturated carbocycles. The Bertz CT molecular complexity index is 887. The van der Waals surface area contributed by atoms with Crippen LogP contribution < -0.4 is 5.32 Å². The largest absolute Gasteiger partial charge is 0.352 e. The zero-order valence-electron chi connectivity index (χ0n) is 17.4. The van der Waals surface area contributed by atoms with Crippen molar-refractivity contribution in [2.24, 2.45) is 0 Å². The maximum Gasteiger partial charge on any atom is 0.243 e. The summed E-state index contributed by atoms with van der Waals surface area (Å²) in [5.41, 5.74) is 1.64. The van der Waals surface area contributed by atoms with Crippen molar-refractivity contribution in [1.82, 2.24) is 10.2 Å². The molecule has 1 N–H and O–H groups in total. The zero-order chi connectivity index (χ0) is 22.3. The van der Waals surface area contributed by atoms with Crippen molar-refractivity contribution in [2.45, 2.75) is 58.7 Å². The second kappa shape index (κ2) is 11.6. The van der Waals surface area contributed by atoms with Crippen LogP contribution in [0, 0.1) is 0 Å². The van der Waals surface area contributed by atoms with Crippen molar-refractivity contribution in [2.75, 3.05) is 0 Å². The minimum absolute atomic E-state index is 0.0225. The minimum atomic E-state index is -0.599. The van der Waals surface area contributed by atoms with Gasteiger partial charge in [-0.1, -0.05) is 66.0 Å². The van der Waals surface area contributed by atoms with Crippen LogP contribution in [0.4, 0.5) is 0 Å². The Morgan fingerprint density at radius 1 is 1.00 bits per heavy atom. The molecule has 1 atom stereocenters. The molecule has 2 amide bonds. The molecule has 0 aliphatic rings. The summed E-state index contributed by atoms with van der Waals surface area (Å²) in [7, 11) is 0. The van der Waals surface area contributed by atoms with Gasteiger partial charge < -0.3 is 10.2 Å². The standard InChI is InChI=1S/C23H27Cl3N2O2/c1-4-21(23(30)27-15(2)3)28(14-17-9-11-18(24)13-20(17)26)22(29)12-10-16-7-5-6-8-19(16)25/h5-9,11,13,15,21H,4,10,12,14H2,1-3H3,(H,27,30). The number of hydrogen-bond acceptors (Lipinski definition) is 2. The summed E-state index contributed by atoms with van der Waals surface area (Å²) in [5.74, 6) is -0.310. The molecule has 162 valence electrons. The van der Waals surface area contributed by atoms with Crippen LogP contribution in [-0.2, 0) is 22.6 Å². The van der Waals surface area contributed by atoms with E-state index in [1.165, 1.54) is 0 Å². The SMILES string of the molecule is CCC(C(=O)NC(C)C)N(Cc1ccc(Cl)cc1Cl)C(=O)CCc1ccccc1Cl. The Hall–Kier alpha value is -1.75.